The summed E-state index contributed by atoms with van der Waals surface area (Å²) in [6.45, 7) is 0. The summed E-state index contributed by atoms with van der Waals surface area (Å²) in [5.41, 5.74) is 6.96. The van der Waals surface area contributed by atoms with E-state index in [0.29, 0.717) is 22.2 Å². The summed E-state index contributed by atoms with van der Waals surface area (Å²) < 4.78 is 5.65. The van der Waals surface area contributed by atoms with E-state index >= 15 is 0 Å². The van der Waals surface area contributed by atoms with E-state index < -0.39 is 5.92 Å². The highest BCUT2D eigenvalue weighted by molar-refractivity contribution is 5.87. The van der Waals surface area contributed by atoms with Gasteiger partial charge in [0.1, 0.15) is 23.1 Å². The maximum atomic E-state index is 12.8. The summed E-state index contributed by atoms with van der Waals surface area (Å²) in [5, 5.41) is 20.5. The molecule has 0 radical (unpaired) electrons. The number of aromatic amines is 1. The molecule has 0 amide bonds. The van der Waals surface area contributed by atoms with Crippen LogP contribution < -0.4 is 16.0 Å². The van der Waals surface area contributed by atoms with Crippen molar-refractivity contribution in [2.45, 2.75) is 5.92 Å². The van der Waals surface area contributed by atoms with Gasteiger partial charge in [-0.25, -0.2) is 0 Å². The molecule has 1 unspecified atom stereocenters. The van der Waals surface area contributed by atoms with Crippen LogP contribution in [0.15, 0.2) is 64.8 Å². The zero-order valence-electron chi connectivity index (χ0n) is 13.0. The Morgan fingerprint density at radius 1 is 1.16 bits per heavy atom. The number of nitrogens with one attached hydrogen (secondary N) is 1. The van der Waals surface area contributed by atoms with Gasteiger partial charge in [0.15, 0.2) is 0 Å². The number of nitrogens with two attached hydrogens (primary N) is 1. The molecule has 2 heterocycles. The molecule has 1 atom stereocenters. The average molecular weight is 331 g/mol. The van der Waals surface area contributed by atoms with E-state index in [1.165, 1.54) is 6.07 Å². The number of H-pyrrole nitrogens is 1. The first-order valence-electron chi connectivity index (χ1n) is 7.62. The van der Waals surface area contributed by atoms with Crippen LogP contribution in [-0.2, 0) is 0 Å². The topological polar surface area (TPSA) is 112 Å². The van der Waals surface area contributed by atoms with Crippen LogP contribution >= 0.6 is 0 Å². The molecule has 0 saturated heterocycles. The number of allylic oxidation sites excluding steroid dienone is 1. The maximum Gasteiger partial charge on any atom is 0.256 e. The van der Waals surface area contributed by atoms with Crippen molar-refractivity contribution in [3.05, 3.63) is 81.5 Å². The minimum absolute atomic E-state index is 0.0199. The summed E-state index contributed by atoms with van der Waals surface area (Å²) >= 11 is 0. The minimum Gasteiger partial charge on any atom is -0.508 e. The van der Waals surface area contributed by atoms with Crippen molar-refractivity contribution in [2.24, 2.45) is 5.73 Å². The fourth-order valence-electron chi connectivity index (χ4n) is 3.21. The molecule has 0 spiro atoms. The van der Waals surface area contributed by atoms with Gasteiger partial charge in [-0.15, -0.1) is 0 Å². The average Bonchev–Trinajstić information content (AvgIpc) is 2.61. The Morgan fingerprint density at radius 2 is 1.88 bits per heavy atom. The van der Waals surface area contributed by atoms with Crippen LogP contribution in [0.25, 0.3) is 10.9 Å². The number of hydrogen-bond donors (Lipinski definition) is 3. The Morgan fingerprint density at radius 3 is 2.64 bits per heavy atom. The normalized spacial score (nSPS) is 16.2. The predicted molar refractivity (Wildman–Crippen MR) is 92.0 cm³/mol. The second-order valence-electron chi connectivity index (χ2n) is 5.73. The van der Waals surface area contributed by atoms with Gasteiger partial charge in [-0.05, 0) is 18.2 Å². The lowest BCUT2D eigenvalue weighted by atomic mass is 9.83. The Kier molecular flexibility index (Phi) is 3.22. The standard InChI is InChI=1S/C19H13N3O3/c20-9-12-15(11-6-2-4-8-14(11)23)16-17(25-18(12)21)10-5-1-3-7-13(10)22-19(16)24/h1-8,15,23H,21H2,(H,22,24). The molecule has 0 saturated carbocycles. The van der Waals surface area contributed by atoms with E-state index in [-0.39, 0.29) is 28.3 Å². The fourth-order valence-corrected chi connectivity index (χ4v) is 3.21. The Hall–Kier alpha value is -3.72. The maximum absolute atomic E-state index is 12.8. The van der Waals surface area contributed by atoms with Crippen LogP contribution in [0.3, 0.4) is 0 Å². The fraction of sp³-hybridized carbons (Fsp3) is 0.0526. The van der Waals surface area contributed by atoms with E-state index in [2.05, 4.69) is 4.98 Å². The highest BCUT2D eigenvalue weighted by Gasteiger charge is 2.35. The molecule has 0 bridgehead atoms. The lowest BCUT2D eigenvalue weighted by Gasteiger charge is -2.26. The van der Waals surface area contributed by atoms with Crippen molar-refractivity contribution in [3.63, 3.8) is 0 Å². The van der Waals surface area contributed by atoms with Gasteiger partial charge in [0.2, 0.25) is 5.88 Å². The van der Waals surface area contributed by atoms with E-state index in [9.17, 15) is 15.2 Å². The number of nitriles is 1. The molecule has 1 aromatic heterocycles. The zero-order chi connectivity index (χ0) is 17.6. The van der Waals surface area contributed by atoms with Crippen molar-refractivity contribution < 1.29 is 9.84 Å². The van der Waals surface area contributed by atoms with Crippen molar-refractivity contribution in [2.75, 3.05) is 0 Å². The number of rotatable bonds is 1. The van der Waals surface area contributed by atoms with Gasteiger partial charge in [-0.3, -0.25) is 4.79 Å². The Labute approximate surface area is 142 Å². The number of phenols is 1. The first-order chi connectivity index (χ1) is 12.1. The van der Waals surface area contributed by atoms with Crippen LogP contribution in [0.1, 0.15) is 17.0 Å². The quantitative estimate of drug-likeness (QED) is 0.634. The van der Waals surface area contributed by atoms with Crippen molar-refractivity contribution in [1.82, 2.24) is 4.98 Å². The zero-order valence-corrected chi connectivity index (χ0v) is 13.0. The Balaban J connectivity index is 2.12. The summed E-state index contributed by atoms with van der Waals surface area (Å²) in [5.74, 6) is -0.583. The second-order valence-corrected chi connectivity index (χ2v) is 5.73. The number of para-hydroxylation sites is 2. The summed E-state index contributed by atoms with van der Waals surface area (Å²) in [4.78, 5) is 15.6. The lowest BCUT2D eigenvalue weighted by Crippen LogP contribution is -2.27. The van der Waals surface area contributed by atoms with Gasteiger partial charge >= 0.3 is 0 Å². The lowest BCUT2D eigenvalue weighted by molar-refractivity contribution is 0.394. The number of nitrogens with zero attached hydrogens (tertiary/aromatic N) is 1. The molecule has 1 aliphatic rings. The smallest absolute Gasteiger partial charge is 0.256 e. The number of aromatic nitrogens is 1. The molecule has 4 N–H and O–H groups in total. The Bertz CT molecular complexity index is 1140. The number of aromatic hydroxyl groups is 1. The monoisotopic (exact) mass is 331 g/mol. The number of ether oxygens (including phenoxy) is 1. The van der Waals surface area contributed by atoms with Crippen LogP contribution in [0.5, 0.6) is 11.5 Å². The van der Waals surface area contributed by atoms with Crippen LogP contribution in [0.2, 0.25) is 0 Å². The number of pyridine rings is 1. The molecule has 0 fully saturated rings. The number of fused-ring (bicyclic) bond motifs is 3. The first-order valence-corrected chi connectivity index (χ1v) is 7.62. The molecule has 122 valence electrons. The number of benzene rings is 2. The SMILES string of the molecule is N#CC1=C(N)Oc2c(c(=O)[nH]c3ccccc23)C1c1ccccc1O. The summed E-state index contributed by atoms with van der Waals surface area (Å²) in [6, 6.07) is 15.8. The highest BCUT2D eigenvalue weighted by Crippen LogP contribution is 2.44. The van der Waals surface area contributed by atoms with Crippen molar-refractivity contribution >= 4 is 10.9 Å². The summed E-state index contributed by atoms with van der Waals surface area (Å²) in [6.07, 6.45) is 0. The van der Waals surface area contributed by atoms with Crippen LogP contribution in [-0.4, -0.2) is 10.1 Å². The van der Waals surface area contributed by atoms with Crippen molar-refractivity contribution in [3.8, 4) is 17.6 Å². The van der Waals surface area contributed by atoms with E-state index in [1.54, 1.807) is 36.4 Å². The molecule has 2 aromatic carbocycles. The van der Waals surface area contributed by atoms with E-state index in [4.69, 9.17) is 10.5 Å². The molecule has 0 aliphatic carbocycles. The number of hydrogen-bond acceptors (Lipinski definition) is 5. The minimum atomic E-state index is -0.802. The number of phenolic OH excluding ortho intramolecular Hbond substituents is 1. The third-order valence-corrected chi connectivity index (χ3v) is 4.33. The molecule has 6 nitrogen and oxygen atoms in total. The molecular formula is C19H13N3O3. The van der Waals surface area contributed by atoms with Gasteiger partial charge in [0.05, 0.1) is 17.0 Å². The third-order valence-electron chi connectivity index (χ3n) is 4.33. The van der Waals surface area contributed by atoms with Gasteiger partial charge < -0.3 is 20.6 Å². The first kappa shape index (κ1) is 14.8. The molecule has 4 rings (SSSR count). The molecule has 3 aromatic rings. The molecular weight excluding hydrogens is 318 g/mol. The van der Waals surface area contributed by atoms with Crippen LogP contribution in [0.4, 0.5) is 0 Å². The van der Waals surface area contributed by atoms with Crippen molar-refractivity contribution in [1.29, 1.82) is 5.26 Å². The van der Waals surface area contributed by atoms with Gasteiger partial charge in [-0.1, -0.05) is 30.3 Å². The predicted octanol–water partition coefficient (Wildman–Crippen LogP) is 2.45. The largest absolute Gasteiger partial charge is 0.508 e. The molecule has 6 heteroatoms. The van der Waals surface area contributed by atoms with E-state index in [1.807, 2.05) is 12.1 Å². The van der Waals surface area contributed by atoms with Crippen LogP contribution in [0, 0.1) is 11.3 Å². The van der Waals surface area contributed by atoms with Gasteiger partial charge in [0, 0.05) is 10.9 Å². The summed E-state index contributed by atoms with van der Waals surface area (Å²) in [7, 11) is 0. The molecule has 25 heavy (non-hydrogen) atoms. The third kappa shape index (κ3) is 2.14. The second kappa shape index (κ2) is 5.42. The highest BCUT2D eigenvalue weighted by atomic mass is 16.5. The van der Waals surface area contributed by atoms with Gasteiger partial charge in [0.25, 0.3) is 5.56 Å². The van der Waals surface area contributed by atoms with E-state index in [0.717, 1.165) is 0 Å². The van der Waals surface area contributed by atoms with Gasteiger partial charge in [-0.2, -0.15) is 5.26 Å². The molecule has 1 aliphatic heterocycles.